The fraction of sp³-hybridized carbons (Fsp3) is 0.647. The molecule has 23 heavy (non-hydrogen) atoms. The monoisotopic (exact) mass is 323 g/mol. The first-order chi connectivity index (χ1) is 11.1. The summed E-state index contributed by atoms with van der Waals surface area (Å²) in [6, 6.07) is 5.75. The van der Waals surface area contributed by atoms with E-state index >= 15 is 0 Å². The van der Waals surface area contributed by atoms with Crippen molar-refractivity contribution in [1.82, 2.24) is 4.90 Å². The molecule has 3 rings (SSSR count). The van der Waals surface area contributed by atoms with Crippen molar-refractivity contribution in [2.45, 2.75) is 38.8 Å². The van der Waals surface area contributed by atoms with E-state index in [1.165, 1.54) is 0 Å². The van der Waals surface area contributed by atoms with Gasteiger partial charge in [-0.2, -0.15) is 0 Å². The van der Waals surface area contributed by atoms with Crippen LogP contribution in [0.1, 0.15) is 19.4 Å². The summed E-state index contributed by atoms with van der Waals surface area (Å²) in [5.74, 6) is 1.52. The highest BCUT2D eigenvalue weighted by atomic mass is 16.7. The van der Waals surface area contributed by atoms with E-state index in [1.807, 2.05) is 18.2 Å². The van der Waals surface area contributed by atoms with Crippen molar-refractivity contribution in [2.24, 2.45) is 0 Å². The first kappa shape index (κ1) is 16.5. The number of hydrogen-bond acceptors (Lipinski definition) is 6. The van der Waals surface area contributed by atoms with E-state index in [1.54, 1.807) is 0 Å². The minimum atomic E-state index is -0.499. The molecule has 1 saturated heterocycles. The van der Waals surface area contributed by atoms with Crippen LogP contribution in [-0.2, 0) is 16.1 Å². The Labute approximate surface area is 136 Å². The zero-order valence-electron chi connectivity index (χ0n) is 13.7. The molecule has 1 fully saturated rings. The van der Waals surface area contributed by atoms with E-state index in [4.69, 9.17) is 18.9 Å². The third-order valence-electron chi connectivity index (χ3n) is 3.98. The van der Waals surface area contributed by atoms with Gasteiger partial charge in [0.05, 0.1) is 31.5 Å². The predicted molar refractivity (Wildman–Crippen MR) is 84.7 cm³/mol. The summed E-state index contributed by atoms with van der Waals surface area (Å²) in [6.45, 7) is 7.47. The second-order valence-electron chi connectivity index (χ2n) is 6.33. The van der Waals surface area contributed by atoms with Crippen molar-refractivity contribution in [3.05, 3.63) is 23.8 Å². The van der Waals surface area contributed by atoms with Gasteiger partial charge in [0.2, 0.25) is 6.79 Å². The second kappa shape index (κ2) is 7.49. The highest BCUT2D eigenvalue weighted by molar-refractivity contribution is 5.44. The topological polar surface area (TPSA) is 60.4 Å². The number of nitrogens with zero attached hydrogens (tertiary/aromatic N) is 1. The Morgan fingerprint density at radius 1 is 1.22 bits per heavy atom. The summed E-state index contributed by atoms with van der Waals surface area (Å²) in [4.78, 5) is 2.23. The maximum atomic E-state index is 10.2. The molecule has 128 valence electrons. The fourth-order valence-electron chi connectivity index (χ4n) is 3.13. The lowest BCUT2D eigenvalue weighted by molar-refractivity contribution is -0.0826. The summed E-state index contributed by atoms with van der Waals surface area (Å²) in [6.07, 6.45) is -0.0810. The van der Waals surface area contributed by atoms with E-state index in [0.29, 0.717) is 19.8 Å². The molecule has 0 unspecified atom stereocenters. The van der Waals surface area contributed by atoms with Crippen LogP contribution < -0.4 is 9.47 Å². The first-order valence-corrected chi connectivity index (χ1v) is 8.12. The molecule has 0 aliphatic carbocycles. The number of fused-ring (bicyclic) bond motifs is 1. The quantitative estimate of drug-likeness (QED) is 0.854. The van der Waals surface area contributed by atoms with Gasteiger partial charge in [0, 0.05) is 19.6 Å². The molecule has 0 radical (unpaired) electrons. The Balaban J connectivity index is 1.40. The Morgan fingerprint density at radius 2 is 1.96 bits per heavy atom. The van der Waals surface area contributed by atoms with Crippen molar-refractivity contribution in [3.8, 4) is 11.5 Å². The molecule has 1 aromatic carbocycles. The van der Waals surface area contributed by atoms with Crippen LogP contribution in [0.2, 0.25) is 0 Å². The zero-order valence-corrected chi connectivity index (χ0v) is 13.7. The van der Waals surface area contributed by atoms with E-state index in [0.717, 1.165) is 30.2 Å². The van der Waals surface area contributed by atoms with Crippen molar-refractivity contribution in [1.29, 1.82) is 0 Å². The lowest BCUT2D eigenvalue weighted by Crippen LogP contribution is -2.48. The van der Waals surface area contributed by atoms with Crippen LogP contribution in [0, 0.1) is 0 Å². The first-order valence-electron chi connectivity index (χ1n) is 8.12. The molecule has 3 atom stereocenters. The largest absolute Gasteiger partial charge is 0.454 e. The van der Waals surface area contributed by atoms with Crippen LogP contribution in [-0.4, -0.2) is 61.4 Å². The highest BCUT2D eigenvalue weighted by Gasteiger charge is 2.23. The number of aliphatic hydroxyl groups excluding tert-OH is 1. The van der Waals surface area contributed by atoms with E-state index in [9.17, 15) is 5.11 Å². The fourth-order valence-corrected chi connectivity index (χ4v) is 3.13. The lowest BCUT2D eigenvalue weighted by Gasteiger charge is -2.36. The van der Waals surface area contributed by atoms with Crippen molar-refractivity contribution >= 4 is 0 Å². The van der Waals surface area contributed by atoms with Gasteiger partial charge < -0.3 is 24.1 Å². The minimum Gasteiger partial charge on any atom is -0.454 e. The number of morpholine rings is 1. The van der Waals surface area contributed by atoms with Crippen LogP contribution in [0.3, 0.4) is 0 Å². The third-order valence-corrected chi connectivity index (χ3v) is 3.98. The summed E-state index contributed by atoms with van der Waals surface area (Å²) >= 11 is 0. The molecule has 2 aliphatic rings. The number of ether oxygens (including phenoxy) is 4. The molecule has 2 aliphatic heterocycles. The van der Waals surface area contributed by atoms with Crippen molar-refractivity contribution in [3.63, 3.8) is 0 Å². The molecule has 6 nitrogen and oxygen atoms in total. The molecule has 0 spiro atoms. The summed E-state index contributed by atoms with van der Waals surface area (Å²) in [5.41, 5.74) is 1.01. The van der Waals surface area contributed by atoms with Gasteiger partial charge in [-0.15, -0.1) is 0 Å². The van der Waals surface area contributed by atoms with Crippen LogP contribution >= 0.6 is 0 Å². The summed E-state index contributed by atoms with van der Waals surface area (Å²) < 4.78 is 21.9. The average Bonchev–Trinajstić information content (AvgIpc) is 2.93. The van der Waals surface area contributed by atoms with Gasteiger partial charge in [-0.3, -0.25) is 4.90 Å². The maximum Gasteiger partial charge on any atom is 0.231 e. The zero-order chi connectivity index (χ0) is 16.2. The molecular formula is C17H25NO5. The van der Waals surface area contributed by atoms with Crippen LogP contribution in [0.4, 0.5) is 0 Å². The van der Waals surface area contributed by atoms with Gasteiger partial charge in [0.15, 0.2) is 11.5 Å². The number of rotatable bonds is 6. The van der Waals surface area contributed by atoms with E-state index in [2.05, 4.69) is 18.7 Å². The van der Waals surface area contributed by atoms with E-state index in [-0.39, 0.29) is 19.0 Å². The normalized spacial score (nSPS) is 25.5. The number of β-amino-alcohol motifs (C(OH)–C–C–N with tert-alkyl or cyclic N) is 1. The number of hydrogen-bond donors (Lipinski definition) is 1. The maximum absolute atomic E-state index is 10.2. The minimum absolute atomic E-state index is 0.209. The van der Waals surface area contributed by atoms with Gasteiger partial charge in [-0.1, -0.05) is 6.07 Å². The van der Waals surface area contributed by atoms with Gasteiger partial charge >= 0.3 is 0 Å². The number of aliphatic hydroxyl groups is 1. The summed E-state index contributed by atoms with van der Waals surface area (Å²) in [5, 5.41) is 10.2. The Morgan fingerprint density at radius 3 is 2.74 bits per heavy atom. The Bertz CT molecular complexity index is 514. The van der Waals surface area contributed by atoms with Gasteiger partial charge in [0.1, 0.15) is 0 Å². The molecule has 1 N–H and O–H groups in total. The molecule has 0 aromatic heterocycles. The predicted octanol–water partition coefficient (Wildman–Crippen LogP) is 1.40. The van der Waals surface area contributed by atoms with Gasteiger partial charge in [-0.05, 0) is 31.5 Å². The summed E-state index contributed by atoms with van der Waals surface area (Å²) in [7, 11) is 0. The molecule has 6 heteroatoms. The van der Waals surface area contributed by atoms with E-state index < -0.39 is 6.10 Å². The van der Waals surface area contributed by atoms with Gasteiger partial charge in [-0.25, -0.2) is 0 Å². The average molecular weight is 323 g/mol. The Hall–Kier alpha value is -1.34. The van der Waals surface area contributed by atoms with Crippen LogP contribution in [0.25, 0.3) is 0 Å². The lowest BCUT2D eigenvalue weighted by atomic mass is 10.2. The second-order valence-corrected chi connectivity index (χ2v) is 6.33. The Kier molecular flexibility index (Phi) is 5.38. The molecular weight excluding hydrogens is 298 g/mol. The molecule has 1 aromatic rings. The molecule has 2 heterocycles. The standard InChI is InChI=1S/C17H25NO5/c1-12-6-18(7-13(2)23-12)8-15(19)10-20-9-14-3-4-16-17(5-14)22-11-21-16/h3-5,12-13,15,19H,6-11H2,1-2H3/t12-,13+,15-/m0/s1. The molecule has 0 amide bonds. The molecule has 0 bridgehead atoms. The van der Waals surface area contributed by atoms with Crippen molar-refractivity contribution < 1.29 is 24.1 Å². The van der Waals surface area contributed by atoms with Crippen LogP contribution in [0.5, 0.6) is 11.5 Å². The highest BCUT2D eigenvalue weighted by Crippen LogP contribution is 2.32. The third kappa shape index (κ3) is 4.57. The molecule has 0 saturated carbocycles. The number of benzene rings is 1. The SMILES string of the molecule is C[C@@H]1CN(C[C@H](O)COCc2ccc3c(c2)OCO3)C[C@H](C)O1. The van der Waals surface area contributed by atoms with Gasteiger partial charge in [0.25, 0.3) is 0 Å². The van der Waals surface area contributed by atoms with Crippen LogP contribution in [0.15, 0.2) is 18.2 Å². The smallest absolute Gasteiger partial charge is 0.231 e. The van der Waals surface area contributed by atoms with Crippen molar-refractivity contribution in [2.75, 3.05) is 33.0 Å².